The minimum atomic E-state index is 0.875. The van der Waals surface area contributed by atoms with E-state index in [4.69, 9.17) is 0 Å². The second-order valence-corrected chi connectivity index (χ2v) is 8.48. The zero-order valence-corrected chi connectivity index (χ0v) is 17.4. The molecule has 2 N–H and O–H groups in total. The van der Waals surface area contributed by atoms with Gasteiger partial charge in [-0.05, 0) is 42.5 Å². The normalized spacial score (nSPS) is 14.1. The monoisotopic (exact) mass is 413 g/mol. The van der Waals surface area contributed by atoms with Gasteiger partial charge in [0.05, 0.1) is 40.7 Å². The highest BCUT2D eigenvalue weighted by atomic mass is 32.2. The van der Waals surface area contributed by atoms with Gasteiger partial charge in [0.25, 0.3) is 0 Å². The van der Waals surface area contributed by atoms with E-state index in [2.05, 4.69) is 47.7 Å². The smallest absolute Gasteiger partial charge is 0.116 e. The lowest BCUT2D eigenvalue weighted by atomic mass is 10.1. The van der Waals surface area contributed by atoms with Gasteiger partial charge in [-0.25, -0.2) is 4.98 Å². The summed E-state index contributed by atoms with van der Waals surface area (Å²) in [4.78, 5) is 17.2. The van der Waals surface area contributed by atoms with Gasteiger partial charge in [-0.15, -0.1) is 11.8 Å². The van der Waals surface area contributed by atoms with Crippen molar-refractivity contribution in [2.24, 2.45) is 7.05 Å². The number of pyridine rings is 2. The zero-order valence-electron chi connectivity index (χ0n) is 16.6. The molecule has 1 aliphatic heterocycles. The molecule has 0 amide bonds. The number of nitrogens with zero attached hydrogens (tertiary/aromatic N) is 5. The highest BCUT2D eigenvalue weighted by molar-refractivity contribution is 8.02. The molecule has 0 saturated carbocycles. The first kappa shape index (κ1) is 17.5. The average molecular weight is 414 g/mol. The van der Waals surface area contributed by atoms with Crippen LogP contribution in [0.1, 0.15) is 17.9 Å². The van der Waals surface area contributed by atoms with Crippen molar-refractivity contribution in [1.29, 1.82) is 0 Å². The van der Waals surface area contributed by atoms with Crippen LogP contribution in [0.4, 0.5) is 0 Å². The van der Waals surface area contributed by atoms with Crippen LogP contribution < -0.4 is 0 Å². The van der Waals surface area contributed by atoms with E-state index < -0.39 is 0 Å². The van der Waals surface area contributed by atoms with Gasteiger partial charge in [-0.3, -0.25) is 15.1 Å². The Hall–Kier alpha value is -3.39. The highest BCUT2D eigenvalue weighted by Gasteiger charge is 2.18. The summed E-state index contributed by atoms with van der Waals surface area (Å²) >= 11 is 1.85. The Balaban J connectivity index is 1.51. The third kappa shape index (κ3) is 2.60. The molecule has 8 heteroatoms. The Labute approximate surface area is 176 Å². The summed E-state index contributed by atoms with van der Waals surface area (Å²) in [6.07, 6.45) is 6.62. The predicted molar refractivity (Wildman–Crippen MR) is 121 cm³/mol. The van der Waals surface area contributed by atoms with Crippen LogP contribution in [-0.2, 0) is 7.05 Å². The van der Waals surface area contributed by atoms with Crippen LogP contribution in [0, 0.1) is 6.92 Å². The fourth-order valence-electron chi connectivity index (χ4n) is 4.00. The Morgan fingerprint density at radius 2 is 1.93 bits per heavy atom. The average Bonchev–Trinajstić information content (AvgIpc) is 3.54. The third-order valence-electron chi connectivity index (χ3n) is 5.75. The molecule has 6 heterocycles. The summed E-state index contributed by atoms with van der Waals surface area (Å²) in [5.41, 5.74) is 8.04. The number of aromatic amines is 2. The predicted octanol–water partition coefficient (Wildman–Crippen LogP) is 4.69. The Bertz CT molecular complexity index is 1450. The molecule has 0 aliphatic carbocycles. The maximum absolute atomic E-state index is 4.66. The van der Waals surface area contributed by atoms with Crippen molar-refractivity contribution < 1.29 is 0 Å². The summed E-state index contributed by atoms with van der Waals surface area (Å²) in [6.45, 7) is 1.99. The molecule has 0 spiro atoms. The lowest BCUT2D eigenvalue weighted by Crippen LogP contribution is -1.95. The fourth-order valence-corrected chi connectivity index (χ4v) is 4.89. The molecule has 5 aromatic rings. The number of thioether (sulfide) groups is 1. The molecule has 0 bridgehead atoms. The number of fused-ring (bicyclic) bond motifs is 2. The first-order chi connectivity index (χ1) is 14.7. The van der Waals surface area contributed by atoms with Crippen LogP contribution in [0.3, 0.4) is 0 Å². The Kier molecular flexibility index (Phi) is 3.82. The standard InChI is InChI=1S/C22H19N7S/c1-12-24-10-20(29(12)2)17-7-15-19(9-25-17)27-28-22(15)18-8-14-16(26-18)3-5-23-21(14)13-4-6-30-11-13/h3,5,7-11,26H,4,6H2,1-2H3,(H,27,28). The molecular weight excluding hydrogens is 394 g/mol. The van der Waals surface area contributed by atoms with E-state index in [1.807, 2.05) is 55.0 Å². The van der Waals surface area contributed by atoms with Crippen LogP contribution >= 0.6 is 11.8 Å². The molecule has 1 aliphatic rings. The molecule has 6 rings (SSSR count). The third-order valence-corrected chi connectivity index (χ3v) is 6.64. The van der Waals surface area contributed by atoms with Crippen LogP contribution in [-0.4, -0.2) is 40.5 Å². The maximum atomic E-state index is 4.66. The summed E-state index contributed by atoms with van der Waals surface area (Å²) < 4.78 is 2.04. The number of allylic oxidation sites excluding steroid dienone is 1. The Morgan fingerprint density at radius 3 is 2.73 bits per heavy atom. The van der Waals surface area contributed by atoms with E-state index in [0.717, 1.165) is 68.3 Å². The molecule has 0 radical (unpaired) electrons. The summed E-state index contributed by atoms with van der Waals surface area (Å²) in [5.74, 6) is 2.08. The van der Waals surface area contributed by atoms with Gasteiger partial charge in [0, 0.05) is 35.3 Å². The summed E-state index contributed by atoms with van der Waals surface area (Å²) in [5, 5.41) is 12.1. The molecular formula is C22H19N7S. The lowest BCUT2D eigenvalue weighted by Gasteiger charge is -2.03. The van der Waals surface area contributed by atoms with E-state index in [1.54, 1.807) is 0 Å². The largest absolute Gasteiger partial charge is 0.353 e. The molecule has 0 aromatic carbocycles. The molecule has 7 nitrogen and oxygen atoms in total. The van der Waals surface area contributed by atoms with Crippen molar-refractivity contribution in [2.45, 2.75) is 13.3 Å². The number of rotatable bonds is 3. The number of hydrogen-bond acceptors (Lipinski definition) is 5. The SMILES string of the molecule is Cc1ncc(-c2cc3c(-c4cc5c(C6=CSCC6)nccc5[nH]4)n[nH]c3cn2)n1C. The van der Waals surface area contributed by atoms with Crippen molar-refractivity contribution in [3.8, 4) is 22.8 Å². The molecule has 5 aromatic heterocycles. The van der Waals surface area contributed by atoms with Gasteiger partial charge in [-0.1, -0.05) is 0 Å². The zero-order chi connectivity index (χ0) is 20.2. The van der Waals surface area contributed by atoms with E-state index in [9.17, 15) is 0 Å². The number of imidazole rings is 1. The van der Waals surface area contributed by atoms with E-state index >= 15 is 0 Å². The number of nitrogens with one attached hydrogen (secondary N) is 2. The summed E-state index contributed by atoms with van der Waals surface area (Å²) in [7, 11) is 2.00. The molecule has 148 valence electrons. The second kappa shape index (κ2) is 6.56. The van der Waals surface area contributed by atoms with Gasteiger partial charge < -0.3 is 9.55 Å². The topological polar surface area (TPSA) is 88.1 Å². The van der Waals surface area contributed by atoms with Gasteiger partial charge in [-0.2, -0.15) is 5.10 Å². The fraction of sp³-hybridized carbons (Fsp3) is 0.182. The van der Waals surface area contributed by atoms with E-state index in [0.29, 0.717) is 0 Å². The maximum Gasteiger partial charge on any atom is 0.116 e. The lowest BCUT2D eigenvalue weighted by molar-refractivity contribution is 0.862. The molecule has 30 heavy (non-hydrogen) atoms. The number of aromatic nitrogens is 7. The molecule has 0 atom stereocenters. The molecule has 0 fully saturated rings. The van der Waals surface area contributed by atoms with Crippen LogP contribution in [0.5, 0.6) is 0 Å². The van der Waals surface area contributed by atoms with Gasteiger partial charge in [0.15, 0.2) is 0 Å². The van der Waals surface area contributed by atoms with Crippen LogP contribution in [0.15, 0.2) is 42.2 Å². The second-order valence-electron chi connectivity index (χ2n) is 7.50. The van der Waals surface area contributed by atoms with Crippen molar-refractivity contribution in [1.82, 2.24) is 34.7 Å². The van der Waals surface area contributed by atoms with Gasteiger partial charge in [0.2, 0.25) is 0 Å². The number of hydrogen-bond donors (Lipinski definition) is 2. The quantitative estimate of drug-likeness (QED) is 0.448. The van der Waals surface area contributed by atoms with Crippen molar-refractivity contribution in [3.05, 3.63) is 53.7 Å². The minimum absolute atomic E-state index is 0.875. The highest BCUT2D eigenvalue weighted by Crippen LogP contribution is 2.36. The molecule has 0 unspecified atom stereocenters. The van der Waals surface area contributed by atoms with Gasteiger partial charge >= 0.3 is 0 Å². The van der Waals surface area contributed by atoms with Gasteiger partial charge in [0.1, 0.15) is 11.5 Å². The van der Waals surface area contributed by atoms with E-state index in [1.165, 1.54) is 5.57 Å². The molecule has 0 saturated heterocycles. The number of aryl methyl sites for hydroxylation is 1. The minimum Gasteiger partial charge on any atom is -0.353 e. The van der Waals surface area contributed by atoms with Crippen LogP contribution in [0.25, 0.3) is 50.2 Å². The summed E-state index contributed by atoms with van der Waals surface area (Å²) in [6, 6.07) is 6.25. The van der Waals surface area contributed by atoms with Crippen molar-refractivity contribution in [2.75, 3.05) is 5.75 Å². The van der Waals surface area contributed by atoms with Crippen LogP contribution in [0.2, 0.25) is 0 Å². The first-order valence-electron chi connectivity index (χ1n) is 9.81. The first-order valence-corrected chi connectivity index (χ1v) is 10.9. The van der Waals surface area contributed by atoms with Crippen molar-refractivity contribution in [3.63, 3.8) is 0 Å². The van der Waals surface area contributed by atoms with E-state index in [-0.39, 0.29) is 0 Å². The van der Waals surface area contributed by atoms with Crippen molar-refractivity contribution >= 4 is 39.1 Å². The number of H-pyrrole nitrogens is 2. The Morgan fingerprint density at radius 1 is 1.03 bits per heavy atom.